The lowest BCUT2D eigenvalue weighted by atomic mass is 9.94. The van der Waals surface area contributed by atoms with E-state index in [1.807, 2.05) is 31.2 Å². The van der Waals surface area contributed by atoms with Gasteiger partial charge < -0.3 is 21.5 Å². The quantitative estimate of drug-likeness (QED) is 0.480. The van der Waals surface area contributed by atoms with Gasteiger partial charge in [-0.15, -0.1) is 0 Å². The van der Waals surface area contributed by atoms with E-state index in [2.05, 4.69) is 31.8 Å². The zero-order valence-electron chi connectivity index (χ0n) is 15.0. The van der Waals surface area contributed by atoms with Gasteiger partial charge in [-0.05, 0) is 18.1 Å². The van der Waals surface area contributed by atoms with Gasteiger partial charge in [-0.25, -0.2) is 0 Å². The van der Waals surface area contributed by atoms with Crippen LogP contribution in [0.1, 0.15) is 31.9 Å². The molecule has 0 aliphatic heterocycles. The van der Waals surface area contributed by atoms with Crippen LogP contribution in [0.5, 0.6) is 0 Å². The van der Waals surface area contributed by atoms with Crippen LogP contribution in [0.2, 0.25) is 0 Å². The summed E-state index contributed by atoms with van der Waals surface area (Å²) in [6.45, 7) is 8.60. The van der Waals surface area contributed by atoms with Crippen LogP contribution >= 0.6 is 12.6 Å². The molecule has 0 saturated heterocycles. The zero-order chi connectivity index (χ0) is 18.2. The van der Waals surface area contributed by atoms with Crippen LogP contribution in [-0.4, -0.2) is 37.0 Å². The van der Waals surface area contributed by atoms with Crippen LogP contribution in [0.25, 0.3) is 0 Å². The molecule has 24 heavy (non-hydrogen) atoms. The van der Waals surface area contributed by atoms with Crippen molar-refractivity contribution < 1.29 is 9.53 Å². The fourth-order valence-corrected chi connectivity index (χ4v) is 2.13. The SMILES string of the molecule is CC(C)(CNC(=O)Cc1ccc(CN)cc1)COCC(C)(S)CN. The number of carbonyl (C=O) groups is 1. The first-order valence-electron chi connectivity index (χ1n) is 8.22. The first-order valence-corrected chi connectivity index (χ1v) is 8.67. The van der Waals surface area contributed by atoms with Gasteiger partial charge in [-0.3, -0.25) is 4.79 Å². The molecule has 0 saturated carbocycles. The molecule has 1 amide bonds. The smallest absolute Gasteiger partial charge is 0.224 e. The van der Waals surface area contributed by atoms with Crippen LogP contribution in [0.3, 0.4) is 0 Å². The predicted molar refractivity (Wildman–Crippen MR) is 102 cm³/mol. The van der Waals surface area contributed by atoms with E-state index in [0.29, 0.717) is 39.3 Å². The number of nitrogens with two attached hydrogens (primary N) is 2. The summed E-state index contributed by atoms with van der Waals surface area (Å²) in [4.78, 5) is 12.1. The number of hydrogen-bond acceptors (Lipinski definition) is 5. The number of benzene rings is 1. The van der Waals surface area contributed by atoms with Crippen molar-refractivity contribution in [3.05, 3.63) is 35.4 Å². The standard InChI is InChI=1S/C18H31N3O2S/c1-17(2,12-23-13-18(3,24)10-20)11-21-16(22)8-14-4-6-15(9-19)7-5-14/h4-7,24H,8-13,19-20H2,1-3H3,(H,21,22). The van der Waals surface area contributed by atoms with Crippen molar-refractivity contribution in [1.82, 2.24) is 5.32 Å². The van der Waals surface area contributed by atoms with E-state index in [0.717, 1.165) is 11.1 Å². The Hall–Kier alpha value is -1.08. The van der Waals surface area contributed by atoms with Gasteiger partial charge in [0.2, 0.25) is 5.91 Å². The molecule has 5 N–H and O–H groups in total. The lowest BCUT2D eigenvalue weighted by Crippen LogP contribution is -2.39. The summed E-state index contributed by atoms with van der Waals surface area (Å²) in [6.07, 6.45) is 0.365. The second kappa shape index (κ2) is 9.42. The fourth-order valence-electron chi connectivity index (χ4n) is 2.04. The average molecular weight is 354 g/mol. The van der Waals surface area contributed by atoms with Crippen molar-refractivity contribution in [2.45, 2.75) is 38.5 Å². The normalized spacial score (nSPS) is 14.2. The molecule has 1 aromatic rings. The van der Waals surface area contributed by atoms with Crippen molar-refractivity contribution in [2.75, 3.05) is 26.3 Å². The zero-order valence-corrected chi connectivity index (χ0v) is 15.9. The summed E-state index contributed by atoms with van der Waals surface area (Å²) in [6, 6.07) is 7.78. The highest BCUT2D eigenvalue weighted by Crippen LogP contribution is 2.17. The molecule has 0 bridgehead atoms. The fraction of sp³-hybridized carbons (Fsp3) is 0.611. The van der Waals surface area contributed by atoms with Gasteiger partial charge in [0.15, 0.2) is 0 Å². The number of thiol groups is 1. The Labute approximate surface area is 150 Å². The van der Waals surface area contributed by atoms with E-state index in [1.54, 1.807) is 0 Å². The van der Waals surface area contributed by atoms with Crippen LogP contribution in [0.15, 0.2) is 24.3 Å². The molecule has 0 fully saturated rings. The maximum atomic E-state index is 12.1. The molecule has 0 radical (unpaired) electrons. The largest absolute Gasteiger partial charge is 0.379 e. The van der Waals surface area contributed by atoms with Gasteiger partial charge in [-0.2, -0.15) is 12.6 Å². The molecule has 1 aromatic carbocycles. The van der Waals surface area contributed by atoms with Crippen molar-refractivity contribution in [2.24, 2.45) is 16.9 Å². The molecule has 6 heteroatoms. The highest BCUT2D eigenvalue weighted by atomic mass is 32.1. The number of nitrogens with one attached hydrogen (secondary N) is 1. The first-order chi connectivity index (χ1) is 11.2. The first kappa shape index (κ1) is 21.0. The number of ether oxygens (including phenoxy) is 1. The second-order valence-electron chi connectivity index (χ2n) is 7.33. The molecule has 1 unspecified atom stereocenters. The average Bonchev–Trinajstić information content (AvgIpc) is 2.53. The summed E-state index contributed by atoms with van der Waals surface area (Å²) >= 11 is 4.44. The Balaban J connectivity index is 2.35. The number of hydrogen-bond donors (Lipinski definition) is 4. The van der Waals surface area contributed by atoms with Crippen molar-refractivity contribution in [1.29, 1.82) is 0 Å². The van der Waals surface area contributed by atoms with E-state index >= 15 is 0 Å². The van der Waals surface area contributed by atoms with Gasteiger partial charge >= 0.3 is 0 Å². The third-order valence-corrected chi connectivity index (χ3v) is 4.04. The Morgan fingerprint density at radius 1 is 1.12 bits per heavy atom. The molecule has 0 aliphatic rings. The van der Waals surface area contributed by atoms with Gasteiger partial charge in [-0.1, -0.05) is 38.1 Å². The number of rotatable bonds is 10. The predicted octanol–water partition coefficient (Wildman–Crippen LogP) is 1.49. The molecule has 0 aliphatic carbocycles. The summed E-state index contributed by atoms with van der Waals surface area (Å²) in [5.41, 5.74) is 13.1. The lowest BCUT2D eigenvalue weighted by Gasteiger charge is -2.28. The number of amides is 1. The van der Waals surface area contributed by atoms with E-state index in [9.17, 15) is 4.79 Å². The second-order valence-corrected chi connectivity index (χ2v) is 8.41. The van der Waals surface area contributed by atoms with Crippen molar-refractivity contribution in [3.63, 3.8) is 0 Å². The molecule has 1 atom stereocenters. The van der Waals surface area contributed by atoms with Crippen molar-refractivity contribution in [3.8, 4) is 0 Å². The summed E-state index contributed by atoms with van der Waals surface area (Å²) in [5.74, 6) is 0.00423. The third kappa shape index (κ3) is 8.15. The molecule has 136 valence electrons. The molecule has 0 heterocycles. The summed E-state index contributed by atoms with van der Waals surface area (Å²) in [5, 5.41) is 2.97. The number of carbonyl (C=O) groups excluding carboxylic acids is 1. The molecule has 1 rings (SSSR count). The van der Waals surface area contributed by atoms with Gasteiger partial charge in [0, 0.05) is 29.8 Å². The Bertz CT molecular complexity index is 516. The lowest BCUT2D eigenvalue weighted by molar-refractivity contribution is -0.121. The monoisotopic (exact) mass is 353 g/mol. The van der Waals surface area contributed by atoms with Crippen LogP contribution in [0.4, 0.5) is 0 Å². The van der Waals surface area contributed by atoms with E-state index < -0.39 is 0 Å². The topological polar surface area (TPSA) is 90.4 Å². The summed E-state index contributed by atoms with van der Waals surface area (Å²) in [7, 11) is 0. The maximum absolute atomic E-state index is 12.1. The molecule has 5 nitrogen and oxygen atoms in total. The van der Waals surface area contributed by atoms with E-state index in [-0.39, 0.29) is 16.1 Å². The van der Waals surface area contributed by atoms with Gasteiger partial charge in [0.25, 0.3) is 0 Å². The van der Waals surface area contributed by atoms with Gasteiger partial charge in [0.1, 0.15) is 0 Å². The minimum atomic E-state index is -0.324. The molecule has 0 spiro atoms. The van der Waals surface area contributed by atoms with Crippen LogP contribution in [0, 0.1) is 5.41 Å². The molecular formula is C18H31N3O2S. The highest BCUT2D eigenvalue weighted by Gasteiger charge is 2.22. The van der Waals surface area contributed by atoms with E-state index in [1.165, 1.54) is 0 Å². The maximum Gasteiger partial charge on any atom is 0.224 e. The third-order valence-electron chi connectivity index (χ3n) is 3.73. The summed E-state index contributed by atoms with van der Waals surface area (Å²) < 4.78 is 5.39. The van der Waals surface area contributed by atoms with Crippen LogP contribution < -0.4 is 16.8 Å². The molecule has 0 aromatic heterocycles. The highest BCUT2D eigenvalue weighted by molar-refractivity contribution is 7.81. The van der Waals surface area contributed by atoms with E-state index in [4.69, 9.17) is 16.2 Å². The minimum absolute atomic E-state index is 0.00423. The Kier molecular flexibility index (Phi) is 8.22. The Morgan fingerprint density at radius 2 is 1.71 bits per heavy atom. The Morgan fingerprint density at radius 3 is 2.25 bits per heavy atom. The van der Waals surface area contributed by atoms with Gasteiger partial charge in [0.05, 0.1) is 19.6 Å². The van der Waals surface area contributed by atoms with Crippen molar-refractivity contribution >= 4 is 18.5 Å². The molecular weight excluding hydrogens is 322 g/mol. The van der Waals surface area contributed by atoms with Crippen LogP contribution in [-0.2, 0) is 22.5 Å². The minimum Gasteiger partial charge on any atom is -0.379 e.